The van der Waals surface area contributed by atoms with Gasteiger partial charge in [-0.05, 0) is 60.2 Å². The topological polar surface area (TPSA) is 95.6 Å². The van der Waals surface area contributed by atoms with Crippen LogP contribution in [-0.4, -0.2) is 35.4 Å². The molecule has 1 amide bonds. The number of aromatic amines is 1. The number of ether oxygens (including phenoxy) is 2. The minimum atomic E-state index is -0.524. The molecule has 7 nitrogen and oxygen atoms in total. The van der Waals surface area contributed by atoms with Crippen molar-refractivity contribution in [3.63, 3.8) is 0 Å². The number of rotatable bonds is 7. The smallest absolute Gasteiger partial charge is 0.235 e. The van der Waals surface area contributed by atoms with Gasteiger partial charge in [0.05, 0.1) is 29.5 Å². The van der Waals surface area contributed by atoms with Crippen LogP contribution in [0.15, 0.2) is 49.0 Å². The summed E-state index contributed by atoms with van der Waals surface area (Å²) in [6.07, 6.45) is 1.61. The van der Waals surface area contributed by atoms with Crippen LogP contribution < -0.4 is 20.1 Å². The monoisotopic (exact) mass is 461 g/mol. The average molecular weight is 462 g/mol. The Morgan fingerprint density at radius 2 is 1.91 bits per heavy atom. The highest BCUT2D eigenvalue weighted by molar-refractivity contribution is 6.02. The lowest BCUT2D eigenvalue weighted by molar-refractivity contribution is -0.118. The number of hydrogen-bond donors (Lipinski definition) is 4. The second-order valence-corrected chi connectivity index (χ2v) is 10.3. The Kier molecular flexibility index (Phi) is 5.32. The molecule has 1 aliphatic carbocycles. The van der Waals surface area contributed by atoms with Gasteiger partial charge in [0, 0.05) is 16.6 Å². The molecule has 0 radical (unpaired) electrons. The minimum absolute atomic E-state index is 0.0106. The number of anilines is 1. The predicted molar refractivity (Wildman–Crippen MR) is 133 cm³/mol. The molecule has 1 aliphatic heterocycles. The van der Waals surface area contributed by atoms with Crippen molar-refractivity contribution in [3.8, 4) is 11.5 Å². The number of amides is 1. The summed E-state index contributed by atoms with van der Waals surface area (Å²) in [6.45, 7) is 10.6. The molecular weight excluding hydrogens is 430 g/mol. The number of aliphatic hydroxyl groups excluding tert-OH is 1. The lowest BCUT2D eigenvalue weighted by Crippen LogP contribution is -2.42. The molecule has 1 saturated carbocycles. The molecule has 1 atom stereocenters. The number of fused-ring (bicyclic) bond motifs is 2. The fourth-order valence-corrected chi connectivity index (χ4v) is 4.41. The summed E-state index contributed by atoms with van der Waals surface area (Å²) in [5.74, 6) is 1.41. The third kappa shape index (κ3) is 4.01. The molecule has 5 rings (SSSR count). The first kappa shape index (κ1) is 22.3. The summed E-state index contributed by atoms with van der Waals surface area (Å²) in [5, 5.41) is 17.2. The number of benzene rings is 2. The van der Waals surface area contributed by atoms with E-state index in [4.69, 9.17) is 9.47 Å². The Hall–Kier alpha value is -3.45. The first-order valence-electron chi connectivity index (χ1n) is 11.6. The highest BCUT2D eigenvalue weighted by Crippen LogP contribution is 2.51. The van der Waals surface area contributed by atoms with Crippen LogP contribution in [0, 0.1) is 5.41 Å². The van der Waals surface area contributed by atoms with Crippen LogP contribution in [0.1, 0.15) is 44.9 Å². The van der Waals surface area contributed by atoms with Gasteiger partial charge >= 0.3 is 0 Å². The van der Waals surface area contributed by atoms with E-state index >= 15 is 0 Å². The van der Waals surface area contributed by atoms with Crippen molar-refractivity contribution >= 4 is 28.2 Å². The molecule has 4 N–H and O–H groups in total. The molecule has 0 saturated heterocycles. The van der Waals surface area contributed by atoms with Crippen molar-refractivity contribution in [1.29, 1.82) is 0 Å². The quantitative estimate of drug-likeness (QED) is 0.415. The molecule has 2 aromatic carbocycles. The van der Waals surface area contributed by atoms with E-state index in [-0.39, 0.29) is 30.8 Å². The van der Waals surface area contributed by atoms with E-state index in [0.29, 0.717) is 5.75 Å². The van der Waals surface area contributed by atoms with Crippen LogP contribution in [-0.2, 0) is 10.2 Å². The fraction of sp³-hybridized carbons (Fsp3) is 0.370. The fourth-order valence-electron chi connectivity index (χ4n) is 4.41. The second-order valence-electron chi connectivity index (χ2n) is 10.3. The Balaban J connectivity index is 1.32. The number of H-pyrrole nitrogens is 1. The summed E-state index contributed by atoms with van der Waals surface area (Å²) in [4.78, 5) is 16.6. The van der Waals surface area contributed by atoms with E-state index < -0.39 is 5.41 Å². The van der Waals surface area contributed by atoms with E-state index in [1.165, 1.54) is 0 Å². The molecule has 0 unspecified atom stereocenters. The van der Waals surface area contributed by atoms with Crippen LogP contribution in [0.2, 0.25) is 0 Å². The van der Waals surface area contributed by atoms with Crippen molar-refractivity contribution in [3.05, 3.63) is 60.3 Å². The molecule has 0 spiro atoms. The number of aliphatic hydroxyl groups is 1. The summed E-state index contributed by atoms with van der Waals surface area (Å²) < 4.78 is 10.9. The molecule has 178 valence electrons. The van der Waals surface area contributed by atoms with Crippen molar-refractivity contribution in [2.24, 2.45) is 5.41 Å². The highest BCUT2D eigenvalue weighted by Gasteiger charge is 2.51. The van der Waals surface area contributed by atoms with E-state index in [1.54, 1.807) is 0 Å². The van der Waals surface area contributed by atoms with Crippen LogP contribution in [0.5, 0.6) is 11.5 Å². The second kappa shape index (κ2) is 8.09. The van der Waals surface area contributed by atoms with E-state index in [9.17, 15) is 9.90 Å². The maximum atomic E-state index is 13.3. The largest absolute Gasteiger partial charge is 0.454 e. The van der Waals surface area contributed by atoms with Crippen LogP contribution >= 0.6 is 0 Å². The molecule has 2 heterocycles. The van der Waals surface area contributed by atoms with Crippen molar-refractivity contribution in [2.45, 2.75) is 45.1 Å². The van der Waals surface area contributed by atoms with Gasteiger partial charge in [0.1, 0.15) is 0 Å². The molecule has 7 heteroatoms. The number of carbonyl (C=O) groups is 1. The minimum Gasteiger partial charge on any atom is -0.454 e. The van der Waals surface area contributed by atoms with Gasteiger partial charge in [0.2, 0.25) is 12.7 Å². The van der Waals surface area contributed by atoms with Crippen molar-refractivity contribution in [1.82, 2.24) is 10.3 Å². The molecule has 1 fully saturated rings. The zero-order chi connectivity index (χ0) is 24.1. The summed E-state index contributed by atoms with van der Waals surface area (Å²) >= 11 is 0. The number of carbonyl (C=O) groups excluding carboxylic acids is 1. The number of hydrogen-bond acceptors (Lipinski definition) is 5. The van der Waals surface area contributed by atoms with Gasteiger partial charge in [-0.15, -0.1) is 0 Å². The normalized spacial score (nSPS) is 16.8. The molecule has 34 heavy (non-hydrogen) atoms. The van der Waals surface area contributed by atoms with Gasteiger partial charge in [0.15, 0.2) is 11.5 Å². The third-order valence-electron chi connectivity index (χ3n) is 6.89. The van der Waals surface area contributed by atoms with Crippen LogP contribution in [0.4, 0.5) is 5.69 Å². The lowest BCUT2D eigenvalue weighted by Gasteiger charge is -2.31. The van der Waals surface area contributed by atoms with Gasteiger partial charge in [-0.2, -0.15) is 0 Å². The molecular formula is C27H31N3O4. The summed E-state index contributed by atoms with van der Waals surface area (Å²) in [5.41, 5.74) is 3.58. The van der Waals surface area contributed by atoms with Gasteiger partial charge in [0.25, 0.3) is 0 Å². The van der Waals surface area contributed by atoms with E-state index in [2.05, 4.69) is 43.0 Å². The first-order valence-corrected chi connectivity index (χ1v) is 11.6. The maximum Gasteiger partial charge on any atom is 0.235 e. The lowest BCUT2D eigenvalue weighted by atomic mass is 9.87. The third-order valence-corrected chi connectivity index (χ3v) is 6.89. The average Bonchev–Trinajstić information content (AvgIpc) is 3.29. The zero-order valence-electron chi connectivity index (χ0n) is 19.8. The summed E-state index contributed by atoms with van der Waals surface area (Å²) in [6, 6.07) is 13.5. The first-order chi connectivity index (χ1) is 16.2. The van der Waals surface area contributed by atoms with Gasteiger partial charge in [-0.25, -0.2) is 0 Å². The van der Waals surface area contributed by atoms with Gasteiger partial charge in [-0.1, -0.05) is 33.4 Å². The van der Waals surface area contributed by atoms with E-state index in [0.717, 1.165) is 52.1 Å². The standard InChI is InChI=1S/C27H31N3O4/c1-16(28-24(14-31)26(2,3)4)21-12-17-11-19(6-7-20(17)30-21)29-25(32)27(9-10-27)18-5-8-22-23(13-18)34-15-33-22/h5-8,11-13,24,28,30-31H,1,9-10,14-15H2,2-4H3,(H,29,32)/t24-/m0/s1. The highest BCUT2D eigenvalue weighted by atomic mass is 16.7. The molecule has 2 aliphatic rings. The van der Waals surface area contributed by atoms with Crippen molar-refractivity contribution < 1.29 is 19.4 Å². The predicted octanol–water partition coefficient (Wildman–Crippen LogP) is 4.53. The van der Waals surface area contributed by atoms with Crippen LogP contribution in [0.25, 0.3) is 16.6 Å². The Morgan fingerprint density at radius 1 is 1.15 bits per heavy atom. The van der Waals surface area contributed by atoms with Crippen molar-refractivity contribution in [2.75, 3.05) is 18.7 Å². The zero-order valence-corrected chi connectivity index (χ0v) is 19.8. The molecule has 3 aromatic rings. The SMILES string of the molecule is C=C(N[C@@H](CO)C(C)(C)C)c1cc2cc(NC(=O)C3(c4ccc5c(c4)OCO5)CC3)ccc2[nH]1. The Labute approximate surface area is 199 Å². The van der Waals surface area contributed by atoms with E-state index in [1.807, 2.05) is 42.5 Å². The maximum absolute atomic E-state index is 13.3. The van der Waals surface area contributed by atoms with Crippen LogP contribution in [0.3, 0.4) is 0 Å². The Bertz CT molecular complexity index is 1270. The van der Waals surface area contributed by atoms with Gasteiger partial charge < -0.3 is 30.2 Å². The Morgan fingerprint density at radius 3 is 2.62 bits per heavy atom. The number of aromatic nitrogens is 1. The summed E-state index contributed by atoms with van der Waals surface area (Å²) in [7, 11) is 0. The molecule has 1 aromatic heterocycles. The molecule has 0 bridgehead atoms. The van der Waals surface area contributed by atoms with Gasteiger partial charge in [-0.3, -0.25) is 4.79 Å². The number of nitrogens with one attached hydrogen (secondary N) is 3.